The van der Waals surface area contributed by atoms with Gasteiger partial charge in [-0.05, 0) is 0 Å². The molecular formula is KLiN2O6. The molecule has 10 heavy (non-hydrogen) atoms. The summed E-state index contributed by atoms with van der Waals surface area (Å²) in [5.41, 5.74) is 0. The molecule has 0 unspecified atom stereocenters. The van der Waals surface area contributed by atoms with Crippen LogP contribution in [0.2, 0.25) is 0 Å². The van der Waals surface area contributed by atoms with Crippen LogP contribution < -0.4 is 70.2 Å². The first-order chi connectivity index (χ1) is 3.46. The molecule has 0 N–H and O–H groups in total. The van der Waals surface area contributed by atoms with Gasteiger partial charge in [-0.25, -0.2) is 0 Å². The second kappa shape index (κ2) is 16.3. The topological polar surface area (TPSA) is 132 Å². The monoisotopic (exact) mass is 170 g/mol. The van der Waals surface area contributed by atoms with Crippen molar-refractivity contribution in [3.8, 4) is 0 Å². The van der Waals surface area contributed by atoms with Crippen molar-refractivity contribution in [2.75, 3.05) is 0 Å². The molecule has 0 heterocycles. The normalized spacial score (nSPS) is 4.80. The van der Waals surface area contributed by atoms with Crippen molar-refractivity contribution in [2.45, 2.75) is 0 Å². The molecule has 48 valence electrons. The Labute approximate surface area is 109 Å². The zero-order chi connectivity index (χ0) is 7.15. The fraction of sp³-hybridized carbons (Fsp3) is 0. The van der Waals surface area contributed by atoms with Gasteiger partial charge in [-0.15, -0.1) is 0 Å². The molecule has 0 aromatic heterocycles. The van der Waals surface area contributed by atoms with E-state index in [1.807, 2.05) is 0 Å². The summed E-state index contributed by atoms with van der Waals surface area (Å²) in [5, 5.41) is 29.5. The van der Waals surface area contributed by atoms with Crippen LogP contribution in [0.4, 0.5) is 0 Å². The van der Waals surface area contributed by atoms with Crippen molar-refractivity contribution in [3.05, 3.63) is 30.6 Å². The molecule has 0 aromatic rings. The smallest absolute Gasteiger partial charge is 0.356 e. The van der Waals surface area contributed by atoms with E-state index in [4.69, 9.17) is 30.6 Å². The van der Waals surface area contributed by atoms with Crippen LogP contribution >= 0.6 is 0 Å². The molecule has 8 nitrogen and oxygen atoms in total. The Balaban J connectivity index is -0.0000000300. The third-order valence-corrected chi connectivity index (χ3v) is 0. The van der Waals surface area contributed by atoms with E-state index < -0.39 is 10.2 Å². The SMILES string of the molecule is O=[N+]([O-])[O-].O=[N+]([O-])[O-].[K+].[Li+]. The van der Waals surface area contributed by atoms with Crippen LogP contribution in [0.5, 0.6) is 0 Å². The van der Waals surface area contributed by atoms with Crippen LogP contribution in [0.3, 0.4) is 0 Å². The second-order valence-corrected chi connectivity index (χ2v) is 0.447. The largest absolute Gasteiger partial charge is 1.00 e. The summed E-state index contributed by atoms with van der Waals surface area (Å²) in [6.07, 6.45) is 0. The van der Waals surface area contributed by atoms with Gasteiger partial charge in [0.1, 0.15) is 0 Å². The van der Waals surface area contributed by atoms with Crippen molar-refractivity contribution >= 4 is 0 Å². The van der Waals surface area contributed by atoms with Crippen LogP contribution in [-0.2, 0) is 0 Å². The molecule has 0 aliphatic carbocycles. The maximum atomic E-state index is 8.25. The summed E-state index contributed by atoms with van der Waals surface area (Å²) in [4.78, 5) is 16.5. The molecule has 0 aromatic carbocycles. The van der Waals surface area contributed by atoms with Crippen LogP contribution in [0.15, 0.2) is 0 Å². The van der Waals surface area contributed by atoms with E-state index in [2.05, 4.69) is 0 Å². The standard InChI is InChI=1S/K.Li.2NO3/c;;2*2-1(3)4/q2*+1;2*-1. The maximum Gasteiger partial charge on any atom is 1.00 e. The summed E-state index contributed by atoms with van der Waals surface area (Å²) in [5.74, 6) is 0. The van der Waals surface area contributed by atoms with E-state index in [0.29, 0.717) is 0 Å². The average molecular weight is 170 g/mol. The van der Waals surface area contributed by atoms with Gasteiger partial charge in [0.25, 0.3) is 0 Å². The zero-order valence-corrected chi connectivity index (χ0v) is 8.47. The molecule has 0 bridgehead atoms. The third kappa shape index (κ3) is 1250. The van der Waals surface area contributed by atoms with Crippen molar-refractivity contribution in [3.63, 3.8) is 0 Å². The summed E-state index contributed by atoms with van der Waals surface area (Å²) in [6.45, 7) is 0. The number of rotatable bonds is 0. The van der Waals surface area contributed by atoms with Crippen LogP contribution in [0.25, 0.3) is 0 Å². The van der Waals surface area contributed by atoms with Gasteiger partial charge in [0.05, 0.1) is 10.2 Å². The number of hydrogen-bond donors (Lipinski definition) is 0. The Morgan fingerprint density at radius 3 is 0.800 bits per heavy atom. The minimum absolute atomic E-state index is 0. The Bertz CT molecular complexity index is 73.7. The van der Waals surface area contributed by atoms with E-state index in [1.54, 1.807) is 0 Å². The van der Waals surface area contributed by atoms with Gasteiger partial charge in [0.2, 0.25) is 0 Å². The molecule has 0 rings (SSSR count). The maximum absolute atomic E-state index is 8.25. The van der Waals surface area contributed by atoms with Crippen LogP contribution in [-0.4, -0.2) is 10.2 Å². The van der Waals surface area contributed by atoms with Gasteiger partial charge in [-0.2, -0.15) is 0 Å². The fourth-order valence-corrected chi connectivity index (χ4v) is 0. The van der Waals surface area contributed by atoms with Gasteiger partial charge in [0, 0.05) is 0 Å². The molecule has 0 aliphatic heterocycles. The summed E-state index contributed by atoms with van der Waals surface area (Å²) >= 11 is 0. The molecule has 0 amide bonds. The molecule has 0 fully saturated rings. The van der Waals surface area contributed by atoms with E-state index in [-0.39, 0.29) is 70.2 Å². The van der Waals surface area contributed by atoms with Crippen molar-refractivity contribution in [1.82, 2.24) is 0 Å². The fourth-order valence-electron chi connectivity index (χ4n) is 0. The number of hydrogen-bond acceptors (Lipinski definition) is 6. The molecule has 0 saturated heterocycles. The van der Waals surface area contributed by atoms with Gasteiger partial charge in [-0.3, -0.25) is 0 Å². The second-order valence-electron chi connectivity index (χ2n) is 0.447. The van der Waals surface area contributed by atoms with Crippen LogP contribution in [0, 0.1) is 30.6 Å². The molecule has 0 saturated carbocycles. The molecule has 10 heteroatoms. The number of nitrogens with zero attached hydrogens (tertiary/aromatic N) is 2. The Hall–Kier alpha value is 0.634. The molecular weight excluding hydrogens is 170 g/mol. The van der Waals surface area contributed by atoms with Gasteiger partial charge < -0.3 is 30.6 Å². The minimum atomic E-state index is -1.75. The first kappa shape index (κ1) is 22.4. The summed E-state index contributed by atoms with van der Waals surface area (Å²) in [6, 6.07) is 0. The van der Waals surface area contributed by atoms with Gasteiger partial charge in [0.15, 0.2) is 0 Å². The van der Waals surface area contributed by atoms with Crippen molar-refractivity contribution in [1.29, 1.82) is 0 Å². The van der Waals surface area contributed by atoms with Gasteiger partial charge >= 0.3 is 70.2 Å². The van der Waals surface area contributed by atoms with Crippen molar-refractivity contribution < 1.29 is 80.4 Å². The average Bonchev–Trinajstić information content (AvgIpc) is 1.25. The van der Waals surface area contributed by atoms with E-state index in [0.717, 1.165) is 0 Å². The Morgan fingerprint density at radius 1 is 0.800 bits per heavy atom. The first-order valence-corrected chi connectivity index (χ1v) is 1.10. The van der Waals surface area contributed by atoms with E-state index >= 15 is 0 Å². The quantitative estimate of drug-likeness (QED) is 0.201. The minimum Gasteiger partial charge on any atom is -0.356 e. The third-order valence-electron chi connectivity index (χ3n) is 0. The van der Waals surface area contributed by atoms with E-state index in [1.165, 1.54) is 0 Å². The molecule has 0 atom stereocenters. The summed E-state index contributed by atoms with van der Waals surface area (Å²) < 4.78 is 0. The Morgan fingerprint density at radius 2 is 0.800 bits per heavy atom. The van der Waals surface area contributed by atoms with Crippen molar-refractivity contribution in [2.24, 2.45) is 0 Å². The van der Waals surface area contributed by atoms with Gasteiger partial charge in [-0.1, -0.05) is 0 Å². The van der Waals surface area contributed by atoms with E-state index in [9.17, 15) is 0 Å². The molecule has 0 radical (unpaired) electrons. The van der Waals surface area contributed by atoms with Crippen LogP contribution in [0.1, 0.15) is 0 Å². The predicted molar refractivity (Wildman–Crippen MR) is 20.7 cm³/mol. The Kier molecular flexibility index (Phi) is 36.6. The first-order valence-electron chi connectivity index (χ1n) is 1.10. The zero-order valence-electron chi connectivity index (χ0n) is 5.34. The summed E-state index contributed by atoms with van der Waals surface area (Å²) in [7, 11) is 0. The molecule has 0 spiro atoms. The molecule has 0 aliphatic rings. The predicted octanol–water partition coefficient (Wildman–Crippen LogP) is -6.47.